The third-order valence-corrected chi connectivity index (χ3v) is 4.45. The Kier molecular flexibility index (Phi) is 4.48. The van der Waals surface area contributed by atoms with Crippen LogP contribution < -0.4 is 5.32 Å². The Labute approximate surface area is 140 Å². The maximum absolute atomic E-state index is 12.5. The Morgan fingerprint density at radius 2 is 1.87 bits per heavy atom. The van der Waals surface area contributed by atoms with Gasteiger partial charge in [-0.3, -0.25) is 4.79 Å². The highest BCUT2D eigenvalue weighted by Crippen LogP contribution is 2.33. The van der Waals surface area contributed by atoms with Crippen molar-refractivity contribution < 1.29 is 9.59 Å². The minimum atomic E-state index is -0.762. The molecule has 1 saturated carbocycles. The number of carbonyl (C=O) groups is 2. The van der Waals surface area contributed by atoms with Crippen LogP contribution in [0.4, 0.5) is 4.79 Å². The van der Waals surface area contributed by atoms with Crippen molar-refractivity contribution in [1.29, 1.82) is 0 Å². The van der Waals surface area contributed by atoms with Crippen LogP contribution in [0, 0.1) is 0 Å². The molecular weight excluding hydrogens is 314 g/mol. The fraction of sp³-hybridized carbons (Fsp3) is 0.353. The zero-order valence-corrected chi connectivity index (χ0v) is 13.4. The van der Waals surface area contributed by atoms with Gasteiger partial charge in [-0.1, -0.05) is 61.2 Å². The maximum Gasteiger partial charge on any atom is 0.346 e. The summed E-state index contributed by atoms with van der Waals surface area (Å²) in [6.07, 6.45) is 7.39. The lowest BCUT2D eigenvalue weighted by molar-refractivity contribution is -0.132. The molecule has 2 aliphatic rings. The second-order valence-corrected chi connectivity index (χ2v) is 6.31. The van der Waals surface area contributed by atoms with Gasteiger partial charge in [0.1, 0.15) is 5.54 Å². The van der Waals surface area contributed by atoms with Gasteiger partial charge in [-0.25, -0.2) is 4.79 Å². The summed E-state index contributed by atoms with van der Waals surface area (Å²) >= 11 is 6.11. The summed E-state index contributed by atoms with van der Waals surface area (Å²) in [5.74, 6) is -0.275. The molecule has 0 bridgehead atoms. The molecule has 120 valence electrons. The summed E-state index contributed by atoms with van der Waals surface area (Å²) in [5.41, 5.74) is 0.160. The quantitative estimate of drug-likeness (QED) is 0.680. The molecule has 1 aromatic carbocycles. The molecule has 1 aliphatic carbocycles. The minimum absolute atomic E-state index is 0.275. The van der Waals surface area contributed by atoms with E-state index in [0.717, 1.165) is 29.8 Å². The van der Waals surface area contributed by atoms with Gasteiger partial charge in [-0.2, -0.15) is 5.10 Å². The van der Waals surface area contributed by atoms with Gasteiger partial charge < -0.3 is 5.32 Å². The van der Waals surface area contributed by atoms with E-state index < -0.39 is 11.6 Å². The molecule has 1 aliphatic heterocycles. The molecule has 0 aromatic heterocycles. The lowest BCUT2D eigenvalue weighted by atomic mass is 9.82. The van der Waals surface area contributed by atoms with Crippen LogP contribution in [0.3, 0.4) is 0 Å². The number of nitrogens with one attached hydrogen (secondary N) is 1. The minimum Gasteiger partial charge on any atom is -0.321 e. The number of hydrogen-bond acceptors (Lipinski definition) is 3. The molecule has 0 radical (unpaired) electrons. The molecule has 3 amide bonds. The van der Waals surface area contributed by atoms with Gasteiger partial charge >= 0.3 is 6.03 Å². The third-order valence-electron chi connectivity index (χ3n) is 4.25. The molecule has 1 saturated heterocycles. The number of hydrazone groups is 1. The van der Waals surface area contributed by atoms with Crippen molar-refractivity contribution in [3.63, 3.8) is 0 Å². The summed E-state index contributed by atoms with van der Waals surface area (Å²) in [6.45, 7) is 0. The molecule has 1 N–H and O–H groups in total. The SMILES string of the molecule is O=C1NC2(CCCCC2)C(=O)N1N=C/C(Cl)=C/c1ccccc1. The lowest BCUT2D eigenvalue weighted by Gasteiger charge is -2.29. The summed E-state index contributed by atoms with van der Waals surface area (Å²) in [6, 6.07) is 9.05. The van der Waals surface area contributed by atoms with E-state index >= 15 is 0 Å². The predicted molar refractivity (Wildman–Crippen MR) is 90.0 cm³/mol. The first kappa shape index (κ1) is 15.7. The van der Waals surface area contributed by atoms with Crippen molar-refractivity contribution in [3.05, 3.63) is 40.9 Å². The van der Waals surface area contributed by atoms with E-state index in [0.29, 0.717) is 17.9 Å². The standard InChI is InChI=1S/C17H18ClN3O2/c18-14(11-13-7-3-1-4-8-13)12-19-21-15(22)17(20-16(21)23)9-5-2-6-10-17/h1,3-4,7-8,11-12H,2,5-6,9-10H2,(H,20,23)/b14-11-,19-12?. The third kappa shape index (κ3) is 3.29. The van der Waals surface area contributed by atoms with E-state index in [1.54, 1.807) is 6.08 Å². The number of hydrogen-bond donors (Lipinski definition) is 1. The molecule has 23 heavy (non-hydrogen) atoms. The summed E-state index contributed by atoms with van der Waals surface area (Å²) in [4.78, 5) is 24.6. The Morgan fingerprint density at radius 1 is 1.17 bits per heavy atom. The number of urea groups is 1. The smallest absolute Gasteiger partial charge is 0.321 e. The average Bonchev–Trinajstić information content (AvgIpc) is 2.77. The molecule has 6 heteroatoms. The van der Waals surface area contributed by atoms with Crippen LogP contribution in [0.25, 0.3) is 6.08 Å². The number of benzene rings is 1. The van der Waals surface area contributed by atoms with E-state index in [4.69, 9.17) is 11.6 Å². The number of halogens is 1. The number of allylic oxidation sites excluding steroid dienone is 1. The molecule has 0 atom stereocenters. The predicted octanol–water partition coefficient (Wildman–Crippen LogP) is 3.51. The molecule has 2 fully saturated rings. The van der Waals surface area contributed by atoms with Gasteiger partial charge in [0.2, 0.25) is 0 Å². The van der Waals surface area contributed by atoms with Crippen LogP contribution in [-0.4, -0.2) is 28.7 Å². The maximum atomic E-state index is 12.5. The number of imide groups is 1. The molecule has 5 nitrogen and oxygen atoms in total. The van der Waals surface area contributed by atoms with Gasteiger partial charge in [0, 0.05) is 0 Å². The highest BCUT2D eigenvalue weighted by atomic mass is 35.5. The summed E-state index contributed by atoms with van der Waals surface area (Å²) in [5, 5.41) is 8.02. The second-order valence-electron chi connectivity index (χ2n) is 5.87. The highest BCUT2D eigenvalue weighted by molar-refractivity contribution is 6.41. The summed E-state index contributed by atoms with van der Waals surface area (Å²) in [7, 11) is 0. The highest BCUT2D eigenvalue weighted by Gasteiger charge is 2.51. The topological polar surface area (TPSA) is 61.8 Å². The van der Waals surface area contributed by atoms with E-state index in [1.165, 1.54) is 6.21 Å². The Bertz CT molecular complexity index is 664. The summed E-state index contributed by atoms with van der Waals surface area (Å²) < 4.78 is 0. The van der Waals surface area contributed by atoms with Gasteiger partial charge in [0.15, 0.2) is 0 Å². The van der Waals surface area contributed by atoms with Crippen molar-refractivity contribution in [2.75, 3.05) is 0 Å². The normalized spacial score (nSPS) is 21.3. The van der Waals surface area contributed by atoms with Gasteiger partial charge in [0.05, 0.1) is 11.2 Å². The first-order valence-electron chi connectivity index (χ1n) is 7.74. The molecule has 1 aromatic rings. The number of nitrogens with zero attached hydrogens (tertiary/aromatic N) is 2. The second kappa shape index (κ2) is 6.54. The Morgan fingerprint density at radius 3 is 2.57 bits per heavy atom. The van der Waals surface area contributed by atoms with E-state index in [2.05, 4.69) is 10.4 Å². The zero-order valence-electron chi connectivity index (χ0n) is 12.7. The van der Waals surface area contributed by atoms with Crippen molar-refractivity contribution in [2.24, 2.45) is 5.10 Å². The van der Waals surface area contributed by atoms with Crippen LogP contribution in [0.5, 0.6) is 0 Å². The van der Waals surface area contributed by atoms with E-state index in [-0.39, 0.29) is 5.91 Å². The fourth-order valence-electron chi connectivity index (χ4n) is 3.06. The Balaban J connectivity index is 1.73. The first-order chi connectivity index (χ1) is 11.1. The van der Waals surface area contributed by atoms with Crippen LogP contribution >= 0.6 is 11.6 Å². The van der Waals surface area contributed by atoms with Crippen LogP contribution in [0.2, 0.25) is 0 Å². The van der Waals surface area contributed by atoms with E-state index in [9.17, 15) is 9.59 Å². The molecule has 1 heterocycles. The van der Waals surface area contributed by atoms with Crippen LogP contribution in [0.1, 0.15) is 37.7 Å². The van der Waals surface area contributed by atoms with Gasteiger partial charge in [0.25, 0.3) is 5.91 Å². The molecular formula is C17H18ClN3O2. The van der Waals surface area contributed by atoms with Crippen LogP contribution in [-0.2, 0) is 4.79 Å². The lowest BCUT2D eigenvalue weighted by Crippen LogP contribution is -2.48. The Hall–Kier alpha value is -2.14. The van der Waals surface area contributed by atoms with Gasteiger partial charge in [-0.05, 0) is 24.5 Å². The number of amides is 3. The largest absolute Gasteiger partial charge is 0.346 e. The molecule has 3 rings (SSSR count). The van der Waals surface area contributed by atoms with Crippen molar-refractivity contribution in [2.45, 2.75) is 37.6 Å². The molecule has 1 spiro atoms. The number of carbonyl (C=O) groups excluding carboxylic acids is 2. The average molecular weight is 332 g/mol. The fourth-order valence-corrected chi connectivity index (χ4v) is 3.23. The van der Waals surface area contributed by atoms with Crippen molar-refractivity contribution in [1.82, 2.24) is 10.3 Å². The van der Waals surface area contributed by atoms with E-state index in [1.807, 2.05) is 30.3 Å². The van der Waals surface area contributed by atoms with Crippen LogP contribution in [0.15, 0.2) is 40.5 Å². The van der Waals surface area contributed by atoms with Gasteiger partial charge in [-0.15, -0.1) is 5.01 Å². The monoisotopic (exact) mass is 331 g/mol. The zero-order chi connectivity index (χ0) is 16.3. The molecule has 0 unspecified atom stereocenters. The first-order valence-corrected chi connectivity index (χ1v) is 8.11. The van der Waals surface area contributed by atoms with Crippen molar-refractivity contribution in [3.8, 4) is 0 Å². The van der Waals surface area contributed by atoms with Crippen molar-refractivity contribution >= 4 is 35.8 Å². The number of rotatable bonds is 3.